The Bertz CT molecular complexity index is 552. The van der Waals surface area contributed by atoms with Gasteiger partial charge in [-0.05, 0) is 24.1 Å². The number of hydrogen-bond donors (Lipinski definition) is 1. The molecule has 0 aliphatic carbocycles. The molecule has 0 saturated heterocycles. The first-order chi connectivity index (χ1) is 9.81. The van der Waals surface area contributed by atoms with E-state index in [-0.39, 0.29) is 5.78 Å². The number of carbonyl (C=O) groups is 1. The molecule has 0 saturated carbocycles. The largest absolute Gasteiger partial charge is 0.492 e. The smallest absolute Gasteiger partial charge is 0.166 e. The van der Waals surface area contributed by atoms with Crippen molar-refractivity contribution >= 4 is 5.78 Å². The zero-order valence-electron chi connectivity index (χ0n) is 11.4. The average Bonchev–Trinajstić information content (AvgIpc) is 2.52. The van der Waals surface area contributed by atoms with Crippen molar-refractivity contribution in [2.45, 2.75) is 12.8 Å². The molecule has 2 aromatic carbocycles. The van der Waals surface area contributed by atoms with Crippen LogP contribution in [0.1, 0.15) is 22.3 Å². The number of benzene rings is 2. The summed E-state index contributed by atoms with van der Waals surface area (Å²) in [5.74, 6) is 0.720. The van der Waals surface area contributed by atoms with Crippen LogP contribution in [0.3, 0.4) is 0 Å². The van der Waals surface area contributed by atoms with Gasteiger partial charge in [0.15, 0.2) is 5.78 Å². The Balaban J connectivity index is 2.01. The molecule has 20 heavy (non-hydrogen) atoms. The summed E-state index contributed by atoms with van der Waals surface area (Å²) in [6.07, 6.45) is 1.22. The lowest BCUT2D eigenvalue weighted by molar-refractivity contribution is 0.0979. The van der Waals surface area contributed by atoms with Gasteiger partial charge in [0.2, 0.25) is 0 Å². The molecule has 0 aliphatic heterocycles. The van der Waals surface area contributed by atoms with Crippen LogP contribution in [-0.2, 0) is 6.42 Å². The van der Waals surface area contributed by atoms with Crippen molar-refractivity contribution in [1.29, 1.82) is 0 Å². The highest BCUT2D eigenvalue weighted by Crippen LogP contribution is 2.20. The Hall–Kier alpha value is -2.13. The third kappa shape index (κ3) is 3.93. The summed E-state index contributed by atoms with van der Waals surface area (Å²) in [5, 5.41) is 0. The van der Waals surface area contributed by atoms with Gasteiger partial charge < -0.3 is 10.5 Å². The molecule has 0 radical (unpaired) electrons. The van der Waals surface area contributed by atoms with Gasteiger partial charge in [0.1, 0.15) is 12.4 Å². The lowest BCUT2D eigenvalue weighted by Gasteiger charge is -2.09. The minimum absolute atomic E-state index is 0.0986. The van der Waals surface area contributed by atoms with Crippen LogP contribution in [0, 0.1) is 0 Å². The highest BCUT2D eigenvalue weighted by molar-refractivity contribution is 5.98. The van der Waals surface area contributed by atoms with E-state index in [2.05, 4.69) is 0 Å². The maximum Gasteiger partial charge on any atom is 0.166 e. The normalized spacial score (nSPS) is 10.2. The molecule has 0 bridgehead atoms. The number of rotatable bonds is 7. The summed E-state index contributed by atoms with van der Waals surface area (Å²) in [5.41, 5.74) is 7.23. The van der Waals surface area contributed by atoms with E-state index in [1.165, 1.54) is 5.56 Å². The first-order valence-corrected chi connectivity index (χ1v) is 6.80. The first-order valence-electron chi connectivity index (χ1n) is 6.80. The van der Waals surface area contributed by atoms with Crippen LogP contribution in [-0.4, -0.2) is 18.9 Å². The van der Waals surface area contributed by atoms with Gasteiger partial charge in [-0.3, -0.25) is 4.79 Å². The minimum atomic E-state index is 0.0986. The van der Waals surface area contributed by atoms with Crippen LogP contribution >= 0.6 is 0 Å². The molecule has 0 spiro atoms. The van der Waals surface area contributed by atoms with Gasteiger partial charge in [-0.2, -0.15) is 0 Å². The predicted octanol–water partition coefficient (Wildman–Crippen LogP) is 2.84. The quantitative estimate of drug-likeness (QED) is 0.786. The summed E-state index contributed by atoms with van der Waals surface area (Å²) in [4.78, 5) is 12.3. The van der Waals surface area contributed by atoms with Crippen LogP contribution in [0.15, 0.2) is 54.6 Å². The van der Waals surface area contributed by atoms with Crippen LogP contribution in [0.4, 0.5) is 0 Å². The first kappa shape index (κ1) is 14.3. The fourth-order valence-corrected chi connectivity index (χ4v) is 2.03. The number of ketones is 1. The Morgan fingerprint density at radius 1 is 1.00 bits per heavy atom. The van der Waals surface area contributed by atoms with Crippen molar-refractivity contribution in [2.75, 3.05) is 13.2 Å². The third-order valence-corrected chi connectivity index (χ3v) is 3.05. The van der Waals surface area contributed by atoms with Gasteiger partial charge in [0.05, 0.1) is 5.56 Å². The second-order valence-electron chi connectivity index (χ2n) is 4.54. The van der Waals surface area contributed by atoms with Gasteiger partial charge >= 0.3 is 0 Å². The van der Waals surface area contributed by atoms with Gasteiger partial charge in [0.25, 0.3) is 0 Å². The zero-order valence-corrected chi connectivity index (χ0v) is 11.4. The van der Waals surface area contributed by atoms with Crippen molar-refractivity contribution in [1.82, 2.24) is 0 Å². The van der Waals surface area contributed by atoms with E-state index in [9.17, 15) is 4.79 Å². The fourth-order valence-electron chi connectivity index (χ4n) is 2.03. The predicted molar refractivity (Wildman–Crippen MR) is 80.1 cm³/mol. The molecule has 0 amide bonds. The fraction of sp³-hybridized carbons (Fsp3) is 0.235. The van der Waals surface area contributed by atoms with Gasteiger partial charge in [0, 0.05) is 13.0 Å². The third-order valence-electron chi connectivity index (χ3n) is 3.05. The number of ether oxygens (including phenoxy) is 1. The topological polar surface area (TPSA) is 52.3 Å². The molecule has 2 aromatic rings. The zero-order chi connectivity index (χ0) is 14.2. The number of carbonyl (C=O) groups excluding carboxylic acids is 1. The van der Waals surface area contributed by atoms with Crippen molar-refractivity contribution in [3.63, 3.8) is 0 Å². The van der Waals surface area contributed by atoms with E-state index in [0.29, 0.717) is 30.9 Å². The molecular formula is C17H19NO2. The Morgan fingerprint density at radius 2 is 1.70 bits per heavy atom. The van der Waals surface area contributed by atoms with Crippen LogP contribution < -0.4 is 10.5 Å². The number of Topliss-reactive ketones (excluding diaryl/α,β-unsaturated/α-hetero) is 1. The van der Waals surface area contributed by atoms with Crippen LogP contribution in [0.5, 0.6) is 5.75 Å². The summed E-state index contributed by atoms with van der Waals surface area (Å²) < 4.78 is 5.51. The molecule has 0 atom stereocenters. The molecular weight excluding hydrogens is 250 g/mol. The minimum Gasteiger partial charge on any atom is -0.492 e. The summed E-state index contributed by atoms with van der Waals surface area (Å²) in [6, 6.07) is 17.3. The molecule has 2 N–H and O–H groups in total. The van der Waals surface area contributed by atoms with E-state index in [1.54, 1.807) is 6.07 Å². The number of nitrogens with two attached hydrogens (primary N) is 1. The second kappa shape index (κ2) is 7.46. The molecule has 0 unspecified atom stereocenters. The summed E-state index contributed by atoms with van der Waals surface area (Å²) >= 11 is 0. The van der Waals surface area contributed by atoms with E-state index >= 15 is 0 Å². The van der Waals surface area contributed by atoms with Gasteiger partial charge in [-0.15, -0.1) is 0 Å². The van der Waals surface area contributed by atoms with Crippen molar-refractivity contribution in [3.05, 3.63) is 65.7 Å². The lowest BCUT2D eigenvalue weighted by atomic mass is 10.0. The van der Waals surface area contributed by atoms with E-state index in [1.807, 2.05) is 48.5 Å². The molecule has 3 nitrogen and oxygen atoms in total. The van der Waals surface area contributed by atoms with Crippen molar-refractivity contribution in [2.24, 2.45) is 5.73 Å². The molecule has 104 valence electrons. The van der Waals surface area contributed by atoms with E-state index in [0.717, 1.165) is 6.42 Å². The van der Waals surface area contributed by atoms with E-state index < -0.39 is 0 Å². The Kier molecular flexibility index (Phi) is 5.33. The SMILES string of the molecule is NCCOc1ccccc1C(=O)CCc1ccccc1. The van der Waals surface area contributed by atoms with Crippen molar-refractivity contribution < 1.29 is 9.53 Å². The van der Waals surface area contributed by atoms with E-state index in [4.69, 9.17) is 10.5 Å². The number of hydrogen-bond acceptors (Lipinski definition) is 3. The molecule has 0 aliphatic rings. The lowest BCUT2D eigenvalue weighted by Crippen LogP contribution is -2.13. The highest BCUT2D eigenvalue weighted by atomic mass is 16.5. The summed E-state index contributed by atoms with van der Waals surface area (Å²) in [7, 11) is 0. The maximum absolute atomic E-state index is 12.3. The molecule has 0 aromatic heterocycles. The molecule has 0 fully saturated rings. The highest BCUT2D eigenvalue weighted by Gasteiger charge is 2.11. The number of para-hydroxylation sites is 1. The van der Waals surface area contributed by atoms with Gasteiger partial charge in [-0.1, -0.05) is 42.5 Å². The van der Waals surface area contributed by atoms with Gasteiger partial charge in [-0.25, -0.2) is 0 Å². The van der Waals surface area contributed by atoms with Crippen LogP contribution in [0.25, 0.3) is 0 Å². The summed E-state index contributed by atoms with van der Waals surface area (Å²) in [6.45, 7) is 0.857. The Labute approximate surface area is 119 Å². The average molecular weight is 269 g/mol. The van der Waals surface area contributed by atoms with Crippen LogP contribution in [0.2, 0.25) is 0 Å². The van der Waals surface area contributed by atoms with Crippen molar-refractivity contribution in [3.8, 4) is 5.75 Å². The number of aryl methyl sites for hydroxylation is 1. The standard InChI is InChI=1S/C17H19NO2/c18-12-13-20-17-9-5-4-8-15(17)16(19)11-10-14-6-2-1-3-7-14/h1-9H,10-13,18H2. The maximum atomic E-state index is 12.3. The second-order valence-corrected chi connectivity index (χ2v) is 4.54. The molecule has 3 heteroatoms. The molecule has 2 rings (SSSR count). The Morgan fingerprint density at radius 3 is 2.45 bits per heavy atom. The molecule has 0 heterocycles. The monoisotopic (exact) mass is 269 g/mol.